The second kappa shape index (κ2) is 6.45. The second-order valence-electron chi connectivity index (χ2n) is 5.74. The summed E-state index contributed by atoms with van der Waals surface area (Å²) in [6, 6.07) is 5.95. The van der Waals surface area contributed by atoms with Crippen LogP contribution in [0, 0.1) is 5.82 Å². The number of benzene rings is 1. The van der Waals surface area contributed by atoms with Gasteiger partial charge in [0.15, 0.2) is 0 Å². The fourth-order valence-electron chi connectivity index (χ4n) is 2.41. The maximum absolute atomic E-state index is 13.8. The van der Waals surface area contributed by atoms with Crippen LogP contribution in [-0.2, 0) is 4.74 Å². The highest BCUT2D eigenvalue weighted by Crippen LogP contribution is 2.23. The fraction of sp³-hybridized carbons (Fsp3) is 0.438. The third kappa shape index (κ3) is 3.24. The number of halogens is 1. The smallest absolute Gasteiger partial charge is 0.257 e. The van der Waals surface area contributed by atoms with Crippen molar-refractivity contribution in [3.05, 3.63) is 47.4 Å². The van der Waals surface area contributed by atoms with Crippen LogP contribution in [0.2, 0.25) is 0 Å². The van der Waals surface area contributed by atoms with Gasteiger partial charge < -0.3 is 14.2 Å². The molecule has 1 aliphatic rings. The maximum Gasteiger partial charge on any atom is 0.257 e. The van der Waals surface area contributed by atoms with Crippen molar-refractivity contribution in [1.82, 2.24) is 15.0 Å². The zero-order chi connectivity index (χ0) is 16.4. The Labute approximate surface area is 133 Å². The molecule has 1 amide bonds. The summed E-state index contributed by atoms with van der Waals surface area (Å²) in [4.78, 5) is 18.3. The molecule has 0 bridgehead atoms. The van der Waals surface area contributed by atoms with E-state index in [-0.39, 0.29) is 23.9 Å². The van der Waals surface area contributed by atoms with Crippen molar-refractivity contribution in [2.24, 2.45) is 0 Å². The molecule has 0 N–H and O–H groups in total. The number of nitrogens with zero attached hydrogens (tertiary/aromatic N) is 3. The van der Waals surface area contributed by atoms with E-state index in [2.05, 4.69) is 10.1 Å². The molecule has 7 heteroatoms. The number of carbonyl (C=O) groups excluding carboxylic acids is 1. The van der Waals surface area contributed by atoms with Gasteiger partial charge in [-0.1, -0.05) is 31.1 Å². The van der Waals surface area contributed by atoms with Gasteiger partial charge in [-0.25, -0.2) is 4.39 Å². The van der Waals surface area contributed by atoms with E-state index >= 15 is 0 Å². The van der Waals surface area contributed by atoms with Crippen LogP contribution in [0.5, 0.6) is 0 Å². The minimum atomic E-state index is -0.526. The summed E-state index contributed by atoms with van der Waals surface area (Å²) in [6.07, 6.45) is -0.462. The van der Waals surface area contributed by atoms with E-state index in [1.165, 1.54) is 12.1 Å². The number of carbonyl (C=O) groups is 1. The highest BCUT2D eigenvalue weighted by molar-refractivity contribution is 5.94. The number of hydrogen-bond donors (Lipinski definition) is 0. The average Bonchev–Trinajstić information content (AvgIpc) is 3.05. The lowest BCUT2D eigenvalue weighted by Gasteiger charge is -2.31. The quantitative estimate of drug-likeness (QED) is 0.869. The molecule has 2 heterocycles. The Morgan fingerprint density at radius 2 is 2.17 bits per heavy atom. The lowest BCUT2D eigenvalue weighted by Crippen LogP contribution is -2.42. The van der Waals surface area contributed by atoms with Crippen LogP contribution in [0.4, 0.5) is 4.39 Å². The standard InChI is InChI=1S/C16H18FN3O3/c1-10(2)15-18-14(19-23-15)13-9-20(7-8-22-13)16(21)11-5-3-4-6-12(11)17/h3-6,10,13H,7-9H2,1-2H3/t13-/m0/s1. The highest BCUT2D eigenvalue weighted by Gasteiger charge is 2.30. The van der Waals surface area contributed by atoms with Crippen molar-refractivity contribution in [3.8, 4) is 0 Å². The second-order valence-corrected chi connectivity index (χ2v) is 5.74. The van der Waals surface area contributed by atoms with E-state index in [0.717, 1.165) is 0 Å². The molecule has 1 aliphatic heterocycles. The summed E-state index contributed by atoms with van der Waals surface area (Å²) in [5, 5.41) is 3.92. The van der Waals surface area contributed by atoms with Gasteiger partial charge in [0.05, 0.1) is 18.7 Å². The van der Waals surface area contributed by atoms with Crippen molar-refractivity contribution < 1.29 is 18.4 Å². The highest BCUT2D eigenvalue weighted by atomic mass is 19.1. The average molecular weight is 319 g/mol. The minimum absolute atomic E-state index is 0.0594. The number of rotatable bonds is 3. The molecule has 1 atom stereocenters. The molecule has 23 heavy (non-hydrogen) atoms. The van der Waals surface area contributed by atoms with E-state index in [4.69, 9.17) is 9.26 Å². The molecule has 122 valence electrons. The van der Waals surface area contributed by atoms with Crippen LogP contribution in [0.3, 0.4) is 0 Å². The first-order valence-corrected chi connectivity index (χ1v) is 7.55. The first kappa shape index (κ1) is 15.6. The van der Waals surface area contributed by atoms with Gasteiger partial charge in [0, 0.05) is 12.5 Å². The normalized spacial score (nSPS) is 18.4. The predicted molar refractivity (Wildman–Crippen MR) is 79.4 cm³/mol. The van der Waals surface area contributed by atoms with Crippen LogP contribution in [0.1, 0.15) is 47.9 Å². The summed E-state index contributed by atoms with van der Waals surface area (Å²) in [5.41, 5.74) is 0.0594. The van der Waals surface area contributed by atoms with Crippen LogP contribution >= 0.6 is 0 Å². The third-order valence-corrected chi connectivity index (χ3v) is 3.70. The molecular weight excluding hydrogens is 301 g/mol. The zero-order valence-electron chi connectivity index (χ0n) is 13.0. The fourth-order valence-corrected chi connectivity index (χ4v) is 2.41. The number of morpholine rings is 1. The van der Waals surface area contributed by atoms with Crippen LogP contribution in [0.25, 0.3) is 0 Å². The molecule has 6 nitrogen and oxygen atoms in total. The molecule has 1 aromatic heterocycles. The number of ether oxygens (including phenoxy) is 1. The Morgan fingerprint density at radius 1 is 1.39 bits per heavy atom. The van der Waals surface area contributed by atoms with Crippen LogP contribution < -0.4 is 0 Å². The molecule has 1 fully saturated rings. The van der Waals surface area contributed by atoms with E-state index in [1.54, 1.807) is 17.0 Å². The SMILES string of the molecule is CC(C)c1nc([C@@H]2CN(C(=O)c3ccccc3F)CCO2)no1. The van der Waals surface area contributed by atoms with Gasteiger partial charge >= 0.3 is 0 Å². The first-order chi connectivity index (χ1) is 11.1. The Hall–Kier alpha value is -2.28. The zero-order valence-corrected chi connectivity index (χ0v) is 13.0. The molecule has 0 saturated carbocycles. The van der Waals surface area contributed by atoms with Crippen molar-refractivity contribution in [1.29, 1.82) is 0 Å². The molecule has 3 rings (SSSR count). The largest absolute Gasteiger partial charge is 0.366 e. The third-order valence-electron chi connectivity index (χ3n) is 3.70. The molecule has 0 aliphatic carbocycles. The molecule has 0 spiro atoms. The van der Waals surface area contributed by atoms with Gasteiger partial charge in [-0.05, 0) is 12.1 Å². The van der Waals surface area contributed by atoms with E-state index < -0.39 is 11.9 Å². The topological polar surface area (TPSA) is 68.5 Å². The Bertz CT molecular complexity index is 701. The van der Waals surface area contributed by atoms with Crippen molar-refractivity contribution in [3.63, 3.8) is 0 Å². The van der Waals surface area contributed by atoms with Gasteiger partial charge in [0.2, 0.25) is 11.7 Å². The molecular formula is C16H18FN3O3. The molecule has 0 unspecified atom stereocenters. The van der Waals surface area contributed by atoms with E-state index in [0.29, 0.717) is 24.9 Å². The lowest BCUT2D eigenvalue weighted by atomic mass is 10.1. The predicted octanol–water partition coefficient (Wildman–Crippen LogP) is 2.55. The van der Waals surface area contributed by atoms with Gasteiger partial charge in [0.25, 0.3) is 5.91 Å². The first-order valence-electron chi connectivity index (χ1n) is 7.55. The number of hydrogen-bond acceptors (Lipinski definition) is 5. The van der Waals surface area contributed by atoms with Gasteiger partial charge in [-0.2, -0.15) is 4.98 Å². The van der Waals surface area contributed by atoms with Crippen molar-refractivity contribution in [2.75, 3.05) is 19.7 Å². The summed E-state index contributed by atoms with van der Waals surface area (Å²) < 4.78 is 24.6. The maximum atomic E-state index is 13.8. The Balaban J connectivity index is 1.75. The van der Waals surface area contributed by atoms with Gasteiger partial charge in [-0.3, -0.25) is 4.79 Å². The number of aromatic nitrogens is 2. The van der Waals surface area contributed by atoms with Crippen molar-refractivity contribution >= 4 is 5.91 Å². The molecule has 2 aromatic rings. The minimum Gasteiger partial charge on any atom is -0.366 e. The monoisotopic (exact) mass is 319 g/mol. The summed E-state index contributed by atoms with van der Waals surface area (Å²) in [5.74, 6) is 0.183. The van der Waals surface area contributed by atoms with E-state index in [1.807, 2.05) is 13.8 Å². The Morgan fingerprint density at radius 3 is 2.87 bits per heavy atom. The van der Waals surface area contributed by atoms with Gasteiger partial charge in [-0.15, -0.1) is 0 Å². The molecule has 1 aromatic carbocycles. The van der Waals surface area contributed by atoms with Gasteiger partial charge in [0.1, 0.15) is 11.9 Å². The lowest BCUT2D eigenvalue weighted by molar-refractivity contribution is -0.0277. The summed E-state index contributed by atoms with van der Waals surface area (Å²) in [6.45, 7) is 4.92. The van der Waals surface area contributed by atoms with Crippen LogP contribution in [-0.4, -0.2) is 40.6 Å². The Kier molecular flexibility index (Phi) is 4.38. The van der Waals surface area contributed by atoms with E-state index in [9.17, 15) is 9.18 Å². The number of amides is 1. The molecule has 1 saturated heterocycles. The summed E-state index contributed by atoms with van der Waals surface area (Å²) >= 11 is 0. The van der Waals surface area contributed by atoms with Crippen LogP contribution in [0.15, 0.2) is 28.8 Å². The summed E-state index contributed by atoms with van der Waals surface area (Å²) in [7, 11) is 0. The van der Waals surface area contributed by atoms with Crippen molar-refractivity contribution in [2.45, 2.75) is 25.9 Å². The molecule has 0 radical (unpaired) electrons.